The number of thioether (sulfide) groups is 1. The zero-order chi connectivity index (χ0) is 19.7. The molecule has 4 rings (SSSR count). The molecule has 0 radical (unpaired) electrons. The fourth-order valence-corrected chi connectivity index (χ4v) is 5.12. The van der Waals surface area contributed by atoms with Crippen LogP contribution in [0.3, 0.4) is 0 Å². The molecule has 1 amide bonds. The van der Waals surface area contributed by atoms with Gasteiger partial charge in [0.2, 0.25) is 0 Å². The van der Waals surface area contributed by atoms with Gasteiger partial charge in [-0.25, -0.2) is 9.97 Å². The van der Waals surface area contributed by atoms with Gasteiger partial charge in [-0.3, -0.25) is 4.79 Å². The molecule has 0 unspecified atom stereocenters. The molecule has 3 heterocycles. The van der Waals surface area contributed by atoms with Crippen LogP contribution in [0.25, 0.3) is 10.2 Å². The molecule has 1 fully saturated rings. The van der Waals surface area contributed by atoms with E-state index in [-0.39, 0.29) is 5.91 Å². The fourth-order valence-electron chi connectivity index (χ4n) is 3.26. The van der Waals surface area contributed by atoms with Crippen LogP contribution in [0.4, 0.5) is 11.5 Å². The summed E-state index contributed by atoms with van der Waals surface area (Å²) in [4.78, 5) is 25.9. The molecule has 0 spiro atoms. The first-order chi connectivity index (χ1) is 13.5. The molecule has 146 valence electrons. The molecule has 9 heteroatoms. The van der Waals surface area contributed by atoms with Crippen molar-refractivity contribution in [2.45, 2.75) is 24.4 Å². The molecule has 2 aromatic heterocycles. The topological polar surface area (TPSA) is 58.1 Å². The SMILES string of the molecule is CSc1nc(N2CCCCC2)c2cc(C(=O)Nc3cc(Cl)cc(Cl)c3)sc2n1. The zero-order valence-electron chi connectivity index (χ0n) is 15.2. The van der Waals surface area contributed by atoms with Crippen molar-refractivity contribution in [3.63, 3.8) is 0 Å². The van der Waals surface area contributed by atoms with Crippen LogP contribution < -0.4 is 10.2 Å². The molecule has 1 aromatic carbocycles. The number of nitrogens with zero attached hydrogens (tertiary/aromatic N) is 3. The van der Waals surface area contributed by atoms with E-state index in [1.54, 1.807) is 18.2 Å². The molecule has 28 heavy (non-hydrogen) atoms. The second-order valence-corrected chi connectivity index (χ2v) is 9.20. The summed E-state index contributed by atoms with van der Waals surface area (Å²) in [5.41, 5.74) is 0.562. The number of benzene rings is 1. The van der Waals surface area contributed by atoms with Gasteiger partial charge in [-0.05, 0) is 49.8 Å². The number of hydrogen-bond acceptors (Lipinski definition) is 6. The predicted molar refractivity (Wildman–Crippen MR) is 120 cm³/mol. The van der Waals surface area contributed by atoms with Gasteiger partial charge in [0.25, 0.3) is 5.91 Å². The number of amides is 1. The monoisotopic (exact) mass is 452 g/mol. The summed E-state index contributed by atoms with van der Waals surface area (Å²) >= 11 is 14.9. The number of aromatic nitrogens is 2. The summed E-state index contributed by atoms with van der Waals surface area (Å²) in [6, 6.07) is 6.85. The molecule has 0 atom stereocenters. The van der Waals surface area contributed by atoms with Gasteiger partial charge in [-0.2, -0.15) is 0 Å². The van der Waals surface area contributed by atoms with Crippen molar-refractivity contribution in [1.82, 2.24) is 9.97 Å². The zero-order valence-corrected chi connectivity index (χ0v) is 18.3. The third-order valence-corrected chi connectivity index (χ3v) is 6.55. The van der Waals surface area contributed by atoms with E-state index >= 15 is 0 Å². The number of fused-ring (bicyclic) bond motifs is 1. The highest BCUT2D eigenvalue weighted by Crippen LogP contribution is 2.34. The molecule has 1 saturated heterocycles. The highest BCUT2D eigenvalue weighted by Gasteiger charge is 2.21. The molecule has 0 saturated carbocycles. The summed E-state index contributed by atoms with van der Waals surface area (Å²) < 4.78 is 0. The first kappa shape index (κ1) is 19.8. The third-order valence-electron chi connectivity index (χ3n) is 4.53. The Labute approximate surface area is 181 Å². The lowest BCUT2D eigenvalue weighted by atomic mass is 10.1. The Bertz CT molecular complexity index is 1010. The Morgan fingerprint density at radius 3 is 2.50 bits per heavy atom. The van der Waals surface area contributed by atoms with E-state index < -0.39 is 0 Å². The highest BCUT2D eigenvalue weighted by atomic mass is 35.5. The maximum Gasteiger partial charge on any atom is 0.265 e. The minimum atomic E-state index is -0.211. The summed E-state index contributed by atoms with van der Waals surface area (Å²) in [5, 5.41) is 5.47. The first-order valence-corrected chi connectivity index (χ1v) is 11.7. The fraction of sp³-hybridized carbons (Fsp3) is 0.316. The number of carbonyl (C=O) groups is 1. The lowest BCUT2D eigenvalue weighted by Crippen LogP contribution is -2.30. The molecular formula is C19H18Cl2N4OS2. The molecule has 1 aliphatic rings. The van der Waals surface area contributed by atoms with Crippen LogP contribution in [-0.2, 0) is 0 Å². The van der Waals surface area contributed by atoms with Gasteiger partial charge in [-0.1, -0.05) is 35.0 Å². The first-order valence-electron chi connectivity index (χ1n) is 8.91. The molecule has 3 aromatic rings. The molecule has 5 nitrogen and oxygen atoms in total. The van der Waals surface area contributed by atoms with Gasteiger partial charge in [-0.15, -0.1) is 11.3 Å². The van der Waals surface area contributed by atoms with E-state index in [0.717, 1.165) is 47.1 Å². The van der Waals surface area contributed by atoms with Crippen molar-refractivity contribution in [1.29, 1.82) is 0 Å². The Morgan fingerprint density at radius 2 is 1.82 bits per heavy atom. The standard InChI is InChI=1S/C19H18Cl2N4OS2/c1-27-19-23-16(25-5-3-2-4-6-25)14-10-15(28-18(14)24-19)17(26)22-13-8-11(20)7-12(21)9-13/h7-10H,2-6H2,1H3,(H,22,26). The Balaban J connectivity index is 1.69. The van der Waals surface area contributed by atoms with E-state index in [2.05, 4.69) is 15.2 Å². The predicted octanol–water partition coefficient (Wildman–Crippen LogP) is 5.96. The van der Waals surface area contributed by atoms with Crippen molar-refractivity contribution in [2.24, 2.45) is 0 Å². The van der Waals surface area contributed by atoms with Crippen LogP contribution in [0.15, 0.2) is 29.4 Å². The van der Waals surface area contributed by atoms with Crippen LogP contribution >= 0.6 is 46.3 Å². The lowest BCUT2D eigenvalue weighted by Gasteiger charge is -2.28. The van der Waals surface area contributed by atoms with Gasteiger partial charge in [0, 0.05) is 28.8 Å². The number of piperidine rings is 1. The van der Waals surface area contributed by atoms with Gasteiger partial charge < -0.3 is 10.2 Å². The maximum atomic E-state index is 12.8. The van der Waals surface area contributed by atoms with Crippen molar-refractivity contribution >= 4 is 73.9 Å². The second-order valence-electron chi connectivity index (χ2n) is 6.52. The van der Waals surface area contributed by atoms with E-state index in [1.807, 2.05) is 12.3 Å². The van der Waals surface area contributed by atoms with E-state index in [9.17, 15) is 4.79 Å². The van der Waals surface area contributed by atoms with Gasteiger partial charge in [0.1, 0.15) is 10.6 Å². The van der Waals surface area contributed by atoms with Gasteiger partial charge >= 0.3 is 0 Å². The minimum Gasteiger partial charge on any atom is -0.356 e. The summed E-state index contributed by atoms with van der Waals surface area (Å²) in [5.74, 6) is 0.715. The number of carbonyl (C=O) groups excluding carboxylic acids is 1. The van der Waals surface area contributed by atoms with Crippen molar-refractivity contribution in [3.8, 4) is 0 Å². The number of halogens is 2. The molecule has 0 bridgehead atoms. The number of thiophene rings is 1. The van der Waals surface area contributed by atoms with E-state index in [0.29, 0.717) is 20.6 Å². The number of rotatable bonds is 4. The number of anilines is 2. The van der Waals surface area contributed by atoms with Crippen LogP contribution in [0.1, 0.15) is 28.9 Å². The quantitative estimate of drug-likeness (QED) is 0.390. The molecule has 0 aliphatic carbocycles. The summed E-state index contributed by atoms with van der Waals surface area (Å²) in [6.07, 6.45) is 5.53. The van der Waals surface area contributed by atoms with Crippen molar-refractivity contribution in [2.75, 3.05) is 29.6 Å². The molecular weight excluding hydrogens is 435 g/mol. The van der Waals surface area contributed by atoms with Crippen LogP contribution in [0.2, 0.25) is 10.0 Å². The van der Waals surface area contributed by atoms with Crippen molar-refractivity contribution < 1.29 is 4.79 Å². The normalized spacial score (nSPS) is 14.5. The third kappa shape index (κ3) is 4.22. The van der Waals surface area contributed by atoms with E-state index in [1.165, 1.54) is 29.5 Å². The highest BCUT2D eigenvalue weighted by molar-refractivity contribution is 7.98. The smallest absolute Gasteiger partial charge is 0.265 e. The number of nitrogens with one attached hydrogen (secondary N) is 1. The van der Waals surface area contributed by atoms with Crippen LogP contribution in [0.5, 0.6) is 0 Å². The molecule has 1 N–H and O–H groups in total. The van der Waals surface area contributed by atoms with Gasteiger partial charge in [0.15, 0.2) is 5.16 Å². The largest absolute Gasteiger partial charge is 0.356 e. The second kappa shape index (κ2) is 8.45. The Morgan fingerprint density at radius 1 is 1.11 bits per heavy atom. The summed E-state index contributed by atoms with van der Waals surface area (Å²) in [7, 11) is 0. The average molecular weight is 453 g/mol. The lowest BCUT2D eigenvalue weighted by molar-refractivity contribution is 0.103. The minimum absolute atomic E-state index is 0.211. The van der Waals surface area contributed by atoms with Crippen LogP contribution in [0, 0.1) is 0 Å². The summed E-state index contributed by atoms with van der Waals surface area (Å²) in [6.45, 7) is 1.97. The van der Waals surface area contributed by atoms with Crippen molar-refractivity contribution in [3.05, 3.63) is 39.2 Å². The number of hydrogen-bond donors (Lipinski definition) is 1. The van der Waals surface area contributed by atoms with Gasteiger partial charge in [0.05, 0.1) is 10.3 Å². The maximum absolute atomic E-state index is 12.8. The Hall–Kier alpha value is -1.54. The van der Waals surface area contributed by atoms with Crippen LogP contribution in [-0.4, -0.2) is 35.2 Å². The molecule has 1 aliphatic heterocycles. The Kier molecular flexibility index (Phi) is 5.96. The van der Waals surface area contributed by atoms with E-state index in [4.69, 9.17) is 28.2 Å². The average Bonchev–Trinajstić information content (AvgIpc) is 3.11.